The zero-order valence-electron chi connectivity index (χ0n) is 12.4. The van der Waals surface area contributed by atoms with Crippen LogP contribution in [0.1, 0.15) is 38.2 Å². The third-order valence-corrected chi connectivity index (χ3v) is 4.41. The van der Waals surface area contributed by atoms with Gasteiger partial charge in [-0.15, -0.1) is 0 Å². The van der Waals surface area contributed by atoms with Crippen LogP contribution in [-0.4, -0.2) is 29.9 Å². The van der Waals surface area contributed by atoms with Crippen molar-refractivity contribution >= 4 is 5.91 Å². The second kappa shape index (κ2) is 7.44. The number of rotatable bonds is 5. The number of carbonyl (C=O) groups excluding carboxylic acids is 1. The lowest BCUT2D eigenvalue weighted by Gasteiger charge is -2.33. The molecule has 3 nitrogen and oxygen atoms in total. The fourth-order valence-corrected chi connectivity index (χ4v) is 2.89. The van der Waals surface area contributed by atoms with Gasteiger partial charge in [0.25, 0.3) is 0 Å². The standard InChI is InChI=1S/C17H26N2O/c1-2-14-10-12-19(13-11-14)17(20)16(18)9-8-15-6-4-3-5-7-15/h3-7,14,16H,2,8-13,18H2,1H3. The van der Waals surface area contributed by atoms with Crippen molar-refractivity contribution in [1.82, 2.24) is 4.90 Å². The van der Waals surface area contributed by atoms with Gasteiger partial charge in [0.1, 0.15) is 0 Å². The van der Waals surface area contributed by atoms with E-state index >= 15 is 0 Å². The number of benzene rings is 1. The summed E-state index contributed by atoms with van der Waals surface area (Å²) in [5.41, 5.74) is 7.32. The summed E-state index contributed by atoms with van der Waals surface area (Å²) >= 11 is 0. The zero-order chi connectivity index (χ0) is 14.4. The molecule has 1 aliphatic heterocycles. The van der Waals surface area contributed by atoms with Crippen LogP contribution in [0.15, 0.2) is 30.3 Å². The molecule has 0 radical (unpaired) electrons. The summed E-state index contributed by atoms with van der Waals surface area (Å²) in [7, 11) is 0. The summed E-state index contributed by atoms with van der Waals surface area (Å²) in [6.07, 6.45) is 5.10. The second-order valence-corrected chi connectivity index (χ2v) is 5.81. The number of piperidine rings is 1. The highest BCUT2D eigenvalue weighted by Crippen LogP contribution is 2.20. The largest absolute Gasteiger partial charge is 0.341 e. The smallest absolute Gasteiger partial charge is 0.239 e. The molecule has 0 saturated carbocycles. The average Bonchev–Trinajstić information content (AvgIpc) is 2.53. The third-order valence-electron chi connectivity index (χ3n) is 4.41. The Bertz CT molecular complexity index is 410. The first-order valence-corrected chi connectivity index (χ1v) is 7.79. The molecular formula is C17H26N2O. The summed E-state index contributed by atoms with van der Waals surface area (Å²) in [5.74, 6) is 0.926. The number of carbonyl (C=O) groups is 1. The van der Waals surface area contributed by atoms with Gasteiger partial charge in [-0.1, -0.05) is 43.7 Å². The van der Waals surface area contributed by atoms with E-state index in [0.717, 1.165) is 44.7 Å². The van der Waals surface area contributed by atoms with Crippen molar-refractivity contribution in [2.45, 2.75) is 45.1 Å². The maximum atomic E-state index is 12.3. The van der Waals surface area contributed by atoms with Gasteiger partial charge in [0.15, 0.2) is 0 Å². The second-order valence-electron chi connectivity index (χ2n) is 5.81. The number of hydrogen-bond acceptors (Lipinski definition) is 2. The molecule has 1 aliphatic rings. The van der Waals surface area contributed by atoms with E-state index in [-0.39, 0.29) is 11.9 Å². The lowest BCUT2D eigenvalue weighted by Crippen LogP contribution is -2.47. The molecule has 2 N–H and O–H groups in total. The Labute approximate surface area is 122 Å². The Hall–Kier alpha value is -1.35. The van der Waals surface area contributed by atoms with Crippen LogP contribution in [0.5, 0.6) is 0 Å². The first-order chi connectivity index (χ1) is 9.70. The summed E-state index contributed by atoms with van der Waals surface area (Å²) in [6, 6.07) is 9.88. The van der Waals surface area contributed by atoms with E-state index < -0.39 is 0 Å². The zero-order valence-corrected chi connectivity index (χ0v) is 12.4. The van der Waals surface area contributed by atoms with Crippen LogP contribution < -0.4 is 5.73 Å². The number of amides is 1. The first-order valence-electron chi connectivity index (χ1n) is 7.79. The van der Waals surface area contributed by atoms with Crippen LogP contribution in [-0.2, 0) is 11.2 Å². The van der Waals surface area contributed by atoms with E-state index in [1.807, 2.05) is 23.1 Å². The summed E-state index contributed by atoms with van der Waals surface area (Å²) < 4.78 is 0. The lowest BCUT2D eigenvalue weighted by atomic mass is 9.94. The third kappa shape index (κ3) is 4.07. The van der Waals surface area contributed by atoms with Crippen LogP contribution in [0.3, 0.4) is 0 Å². The molecule has 2 rings (SSSR count). The highest BCUT2D eigenvalue weighted by molar-refractivity contribution is 5.81. The molecule has 110 valence electrons. The Morgan fingerprint density at radius 3 is 2.55 bits per heavy atom. The minimum atomic E-state index is -0.353. The SMILES string of the molecule is CCC1CCN(C(=O)C(N)CCc2ccccc2)CC1. The number of likely N-dealkylation sites (tertiary alicyclic amines) is 1. The summed E-state index contributed by atoms with van der Waals surface area (Å²) in [5, 5.41) is 0. The quantitative estimate of drug-likeness (QED) is 0.897. The van der Waals surface area contributed by atoms with Gasteiger partial charge in [0.2, 0.25) is 5.91 Å². The molecule has 1 aromatic rings. The van der Waals surface area contributed by atoms with E-state index in [9.17, 15) is 4.79 Å². The fourth-order valence-electron chi connectivity index (χ4n) is 2.89. The number of nitrogens with zero attached hydrogens (tertiary/aromatic N) is 1. The van der Waals surface area contributed by atoms with Crippen molar-refractivity contribution in [3.8, 4) is 0 Å². The number of hydrogen-bond donors (Lipinski definition) is 1. The van der Waals surface area contributed by atoms with Crippen molar-refractivity contribution in [3.05, 3.63) is 35.9 Å². The van der Waals surface area contributed by atoms with Gasteiger partial charge in [-0.3, -0.25) is 4.79 Å². The number of nitrogens with two attached hydrogens (primary N) is 1. The fraction of sp³-hybridized carbons (Fsp3) is 0.588. The average molecular weight is 274 g/mol. The molecule has 1 atom stereocenters. The normalized spacial score (nSPS) is 18.0. The van der Waals surface area contributed by atoms with Crippen molar-refractivity contribution in [2.75, 3.05) is 13.1 Å². The summed E-state index contributed by atoms with van der Waals surface area (Å²) in [4.78, 5) is 14.3. The molecule has 0 bridgehead atoms. The van der Waals surface area contributed by atoms with Crippen molar-refractivity contribution < 1.29 is 4.79 Å². The molecule has 1 saturated heterocycles. The monoisotopic (exact) mass is 274 g/mol. The topological polar surface area (TPSA) is 46.3 Å². The predicted octanol–water partition coefficient (Wildman–Crippen LogP) is 2.60. The van der Waals surface area contributed by atoms with Crippen LogP contribution in [0.4, 0.5) is 0 Å². The number of aryl methyl sites for hydroxylation is 1. The molecule has 1 unspecified atom stereocenters. The molecule has 0 spiro atoms. The highest BCUT2D eigenvalue weighted by atomic mass is 16.2. The Kier molecular flexibility index (Phi) is 5.60. The van der Waals surface area contributed by atoms with Gasteiger partial charge in [-0.25, -0.2) is 0 Å². The molecule has 1 aromatic carbocycles. The minimum absolute atomic E-state index is 0.135. The van der Waals surface area contributed by atoms with Gasteiger partial charge < -0.3 is 10.6 Å². The van der Waals surface area contributed by atoms with Crippen molar-refractivity contribution in [1.29, 1.82) is 0 Å². The molecule has 1 heterocycles. The van der Waals surface area contributed by atoms with Crippen LogP contribution in [0, 0.1) is 5.92 Å². The molecule has 20 heavy (non-hydrogen) atoms. The van der Waals surface area contributed by atoms with Crippen molar-refractivity contribution in [3.63, 3.8) is 0 Å². The Morgan fingerprint density at radius 2 is 1.95 bits per heavy atom. The van der Waals surface area contributed by atoms with Crippen molar-refractivity contribution in [2.24, 2.45) is 11.7 Å². The lowest BCUT2D eigenvalue weighted by molar-refractivity contribution is -0.134. The van der Waals surface area contributed by atoms with Gasteiger partial charge in [-0.2, -0.15) is 0 Å². The first kappa shape index (κ1) is 15.0. The maximum Gasteiger partial charge on any atom is 0.239 e. The van der Waals surface area contributed by atoms with E-state index in [0.29, 0.717) is 0 Å². The van der Waals surface area contributed by atoms with Crippen LogP contribution >= 0.6 is 0 Å². The van der Waals surface area contributed by atoms with Gasteiger partial charge in [0.05, 0.1) is 6.04 Å². The molecule has 1 amide bonds. The Balaban J connectivity index is 1.77. The van der Waals surface area contributed by atoms with E-state index in [2.05, 4.69) is 19.1 Å². The van der Waals surface area contributed by atoms with E-state index in [1.165, 1.54) is 12.0 Å². The summed E-state index contributed by atoms with van der Waals surface area (Å²) in [6.45, 7) is 4.00. The minimum Gasteiger partial charge on any atom is -0.341 e. The Morgan fingerprint density at radius 1 is 1.30 bits per heavy atom. The predicted molar refractivity (Wildman–Crippen MR) is 82.3 cm³/mol. The molecule has 0 aromatic heterocycles. The molecule has 3 heteroatoms. The van der Waals surface area contributed by atoms with E-state index in [1.54, 1.807) is 0 Å². The van der Waals surface area contributed by atoms with Gasteiger partial charge in [-0.05, 0) is 37.2 Å². The van der Waals surface area contributed by atoms with E-state index in [4.69, 9.17) is 5.73 Å². The molecule has 1 fully saturated rings. The maximum absolute atomic E-state index is 12.3. The van der Waals surface area contributed by atoms with Gasteiger partial charge in [0, 0.05) is 13.1 Å². The molecule has 0 aliphatic carbocycles. The van der Waals surface area contributed by atoms with Gasteiger partial charge >= 0.3 is 0 Å². The van der Waals surface area contributed by atoms with Crippen LogP contribution in [0.25, 0.3) is 0 Å². The van der Waals surface area contributed by atoms with Crippen LogP contribution in [0.2, 0.25) is 0 Å². The highest BCUT2D eigenvalue weighted by Gasteiger charge is 2.25. The molecular weight excluding hydrogens is 248 g/mol.